The summed E-state index contributed by atoms with van der Waals surface area (Å²) in [6.07, 6.45) is 0. The Morgan fingerprint density at radius 3 is 1.65 bits per heavy atom. The fourth-order valence-corrected chi connectivity index (χ4v) is 6.35. The zero-order chi connectivity index (χ0) is 17.4. The predicted octanol–water partition coefficient (Wildman–Crippen LogP) is 8.19. The molecule has 6 aromatic rings. The van der Waals surface area contributed by atoms with E-state index in [1.165, 1.54) is 62.2 Å². The van der Waals surface area contributed by atoms with Crippen molar-refractivity contribution in [2.24, 2.45) is 0 Å². The molecule has 26 heavy (non-hydrogen) atoms. The topological polar surface area (TPSA) is 0 Å². The van der Waals surface area contributed by atoms with Crippen molar-refractivity contribution in [1.82, 2.24) is 0 Å². The fraction of sp³-hybridized carbons (Fsp3) is 0.0833. The van der Waals surface area contributed by atoms with E-state index in [1.54, 1.807) is 0 Å². The van der Waals surface area contributed by atoms with Crippen molar-refractivity contribution < 1.29 is 0 Å². The van der Waals surface area contributed by atoms with E-state index in [2.05, 4.69) is 74.5 Å². The molecule has 6 rings (SSSR count). The summed E-state index contributed by atoms with van der Waals surface area (Å²) in [4.78, 5) is 0. The SMILES string of the molecule is Cc1cc2sc3cc4c(cc3c2cc1C)sc1cc2ccccc2cc14. The van der Waals surface area contributed by atoms with E-state index >= 15 is 0 Å². The van der Waals surface area contributed by atoms with Gasteiger partial charge < -0.3 is 0 Å². The monoisotopic (exact) mass is 368 g/mol. The largest absolute Gasteiger partial charge is 0.135 e. The van der Waals surface area contributed by atoms with Gasteiger partial charge in [0, 0.05) is 40.3 Å². The highest BCUT2D eigenvalue weighted by Gasteiger charge is 2.12. The van der Waals surface area contributed by atoms with Gasteiger partial charge in [-0.05, 0) is 72.1 Å². The Bertz CT molecular complexity index is 1500. The number of fused-ring (bicyclic) bond motifs is 7. The van der Waals surface area contributed by atoms with Gasteiger partial charge in [-0.25, -0.2) is 0 Å². The maximum atomic E-state index is 2.41. The average Bonchev–Trinajstić information content (AvgIpc) is 3.15. The van der Waals surface area contributed by atoms with Crippen LogP contribution in [-0.4, -0.2) is 0 Å². The van der Waals surface area contributed by atoms with Gasteiger partial charge in [0.1, 0.15) is 0 Å². The molecule has 124 valence electrons. The van der Waals surface area contributed by atoms with Gasteiger partial charge in [0.25, 0.3) is 0 Å². The second kappa shape index (κ2) is 5.06. The van der Waals surface area contributed by atoms with Gasteiger partial charge in [0.2, 0.25) is 0 Å². The lowest BCUT2D eigenvalue weighted by Crippen LogP contribution is -1.78. The summed E-state index contributed by atoms with van der Waals surface area (Å²) in [6.45, 7) is 4.41. The van der Waals surface area contributed by atoms with E-state index in [-0.39, 0.29) is 0 Å². The van der Waals surface area contributed by atoms with Crippen LogP contribution in [0.25, 0.3) is 51.1 Å². The summed E-state index contributed by atoms with van der Waals surface area (Å²) >= 11 is 3.83. The molecule has 0 nitrogen and oxygen atoms in total. The molecule has 4 aromatic carbocycles. The first kappa shape index (κ1) is 14.7. The lowest BCUT2D eigenvalue weighted by molar-refractivity contribution is 1.37. The highest BCUT2D eigenvalue weighted by atomic mass is 32.1. The number of thiophene rings is 2. The van der Waals surface area contributed by atoms with Crippen molar-refractivity contribution in [1.29, 1.82) is 0 Å². The van der Waals surface area contributed by atoms with Crippen molar-refractivity contribution in [2.45, 2.75) is 13.8 Å². The van der Waals surface area contributed by atoms with E-state index in [4.69, 9.17) is 0 Å². The summed E-state index contributed by atoms with van der Waals surface area (Å²) in [7, 11) is 0. The van der Waals surface area contributed by atoms with E-state index < -0.39 is 0 Å². The van der Waals surface area contributed by atoms with Gasteiger partial charge >= 0.3 is 0 Å². The third-order valence-corrected chi connectivity index (χ3v) is 7.78. The normalized spacial score (nSPS) is 12.2. The zero-order valence-electron chi connectivity index (χ0n) is 14.6. The highest BCUT2D eigenvalue weighted by Crippen LogP contribution is 2.43. The Balaban J connectivity index is 1.77. The molecule has 0 saturated heterocycles. The molecule has 0 fully saturated rings. The lowest BCUT2D eigenvalue weighted by Gasteiger charge is -2.00. The van der Waals surface area contributed by atoms with Crippen LogP contribution in [0.4, 0.5) is 0 Å². The first-order valence-corrected chi connectivity index (χ1v) is 10.5. The third-order valence-electron chi connectivity index (χ3n) is 5.55. The Kier molecular flexibility index (Phi) is 2.87. The number of benzene rings is 4. The van der Waals surface area contributed by atoms with E-state index in [1.807, 2.05) is 22.7 Å². The first-order valence-electron chi connectivity index (χ1n) is 8.86. The molecule has 0 radical (unpaired) electrons. The van der Waals surface area contributed by atoms with Crippen molar-refractivity contribution in [3.05, 3.63) is 71.8 Å². The molecule has 2 aromatic heterocycles. The fourth-order valence-electron chi connectivity index (χ4n) is 3.99. The van der Waals surface area contributed by atoms with E-state index in [9.17, 15) is 0 Å². The summed E-state index contributed by atoms with van der Waals surface area (Å²) < 4.78 is 5.56. The Morgan fingerprint density at radius 2 is 0.962 bits per heavy atom. The van der Waals surface area contributed by atoms with Gasteiger partial charge in [-0.1, -0.05) is 24.3 Å². The molecule has 0 spiro atoms. The van der Waals surface area contributed by atoms with Crippen molar-refractivity contribution >= 4 is 73.8 Å². The molecule has 0 saturated carbocycles. The Morgan fingerprint density at radius 1 is 0.500 bits per heavy atom. The molecule has 0 atom stereocenters. The minimum Gasteiger partial charge on any atom is -0.135 e. The molecular weight excluding hydrogens is 352 g/mol. The van der Waals surface area contributed by atoms with Gasteiger partial charge in [0.05, 0.1) is 0 Å². The molecule has 0 unspecified atom stereocenters. The Labute approximate surface area is 159 Å². The minimum absolute atomic E-state index is 1.32. The van der Waals surface area contributed by atoms with Crippen LogP contribution < -0.4 is 0 Å². The maximum Gasteiger partial charge on any atom is 0.0362 e. The van der Waals surface area contributed by atoms with Crippen molar-refractivity contribution in [3.63, 3.8) is 0 Å². The van der Waals surface area contributed by atoms with Crippen LogP contribution in [-0.2, 0) is 0 Å². The number of hydrogen-bond acceptors (Lipinski definition) is 2. The molecule has 0 aliphatic rings. The number of rotatable bonds is 0. The summed E-state index contributed by atoms with van der Waals surface area (Å²) in [6, 6.07) is 22.9. The van der Waals surface area contributed by atoms with Crippen LogP contribution in [0.2, 0.25) is 0 Å². The Hall–Kier alpha value is -2.42. The molecule has 0 bridgehead atoms. The molecule has 0 aliphatic heterocycles. The van der Waals surface area contributed by atoms with Crippen LogP contribution in [0.3, 0.4) is 0 Å². The van der Waals surface area contributed by atoms with Gasteiger partial charge in [0.15, 0.2) is 0 Å². The molecule has 0 N–H and O–H groups in total. The van der Waals surface area contributed by atoms with Gasteiger partial charge in [-0.15, -0.1) is 22.7 Å². The standard InChI is InChI=1S/C24H16S2/c1-13-7-17-19-11-24-20(12-23(19)25-21(17)8-14(13)2)18-9-15-5-3-4-6-16(15)10-22(18)26-24/h3-12H,1-2H3. The van der Waals surface area contributed by atoms with E-state index in [0.29, 0.717) is 0 Å². The van der Waals surface area contributed by atoms with Crippen molar-refractivity contribution in [3.8, 4) is 0 Å². The smallest absolute Gasteiger partial charge is 0.0362 e. The second-order valence-electron chi connectivity index (χ2n) is 7.18. The van der Waals surface area contributed by atoms with Crippen LogP contribution in [0.1, 0.15) is 11.1 Å². The summed E-state index contributed by atoms with van der Waals surface area (Å²) in [5.74, 6) is 0. The zero-order valence-corrected chi connectivity index (χ0v) is 16.2. The summed E-state index contributed by atoms with van der Waals surface area (Å²) in [5, 5.41) is 8.22. The van der Waals surface area contributed by atoms with Gasteiger partial charge in [-0.2, -0.15) is 0 Å². The molecule has 0 amide bonds. The molecule has 2 heterocycles. The van der Waals surface area contributed by atoms with Crippen LogP contribution >= 0.6 is 22.7 Å². The molecule has 0 aliphatic carbocycles. The van der Waals surface area contributed by atoms with Crippen LogP contribution in [0, 0.1) is 13.8 Å². The molecular formula is C24H16S2. The second-order valence-corrected chi connectivity index (χ2v) is 9.34. The van der Waals surface area contributed by atoms with Crippen LogP contribution in [0.5, 0.6) is 0 Å². The number of aryl methyl sites for hydroxylation is 2. The lowest BCUT2D eigenvalue weighted by atomic mass is 10.0. The summed E-state index contributed by atoms with van der Waals surface area (Å²) in [5.41, 5.74) is 2.75. The average molecular weight is 369 g/mol. The maximum absolute atomic E-state index is 2.41. The van der Waals surface area contributed by atoms with Crippen molar-refractivity contribution in [2.75, 3.05) is 0 Å². The van der Waals surface area contributed by atoms with E-state index in [0.717, 1.165) is 0 Å². The number of hydrogen-bond donors (Lipinski definition) is 0. The quantitative estimate of drug-likeness (QED) is 0.253. The first-order chi connectivity index (χ1) is 12.7. The highest BCUT2D eigenvalue weighted by molar-refractivity contribution is 7.27. The predicted molar refractivity (Wildman–Crippen MR) is 119 cm³/mol. The molecule has 2 heteroatoms. The van der Waals surface area contributed by atoms with Crippen LogP contribution in [0.15, 0.2) is 60.7 Å². The third kappa shape index (κ3) is 1.94. The van der Waals surface area contributed by atoms with Gasteiger partial charge in [-0.3, -0.25) is 0 Å². The minimum atomic E-state index is 1.32.